The van der Waals surface area contributed by atoms with Crippen LogP contribution >= 0.6 is 23.5 Å². The molecule has 256 valence electrons. The van der Waals surface area contributed by atoms with Gasteiger partial charge in [0.25, 0.3) is 0 Å². The average Bonchev–Trinajstić information content (AvgIpc) is 3.64. The minimum atomic E-state index is -4.43. The molecule has 0 aliphatic heterocycles. The minimum absolute atomic E-state index is 0.148. The van der Waals surface area contributed by atoms with Crippen LogP contribution in [0.1, 0.15) is 33.6 Å². The van der Waals surface area contributed by atoms with Crippen LogP contribution < -0.4 is 9.47 Å². The fourth-order valence-electron chi connectivity index (χ4n) is 4.97. The van der Waals surface area contributed by atoms with Crippen LogP contribution in [0.4, 0.5) is 26.3 Å². The van der Waals surface area contributed by atoms with Gasteiger partial charge in [0.15, 0.2) is 23.5 Å². The molecule has 0 amide bonds. The van der Waals surface area contributed by atoms with E-state index in [4.69, 9.17) is 9.47 Å². The summed E-state index contributed by atoms with van der Waals surface area (Å²) in [5.74, 6) is 1.08. The van der Waals surface area contributed by atoms with Crippen LogP contribution in [0, 0.1) is 13.8 Å². The Kier molecular flexibility index (Phi) is 9.97. The number of aromatic nitrogens is 6. The van der Waals surface area contributed by atoms with Gasteiger partial charge in [-0.25, -0.2) is 9.97 Å². The lowest BCUT2D eigenvalue weighted by atomic mass is 10.0. The van der Waals surface area contributed by atoms with Crippen molar-refractivity contribution >= 4 is 45.6 Å². The van der Waals surface area contributed by atoms with Crippen molar-refractivity contribution in [3.8, 4) is 11.5 Å². The number of halogens is 6. The number of rotatable bonds is 12. The molecule has 0 aliphatic rings. The van der Waals surface area contributed by atoms with Crippen LogP contribution in [-0.2, 0) is 17.9 Å². The van der Waals surface area contributed by atoms with E-state index >= 15 is 0 Å². The van der Waals surface area contributed by atoms with Gasteiger partial charge in [-0.1, -0.05) is 35.7 Å². The van der Waals surface area contributed by atoms with E-state index < -0.39 is 25.6 Å². The highest BCUT2D eigenvalue weighted by molar-refractivity contribution is 7.98. The van der Waals surface area contributed by atoms with Gasteiger partial charge in [-0.15, -0.1) is 0 Å². The van der Waals surface area contributed by atoms with Crippen molar-refractivity contribution in [3.05, 3.63) is 94.6 Å². The number of nitrogens with one attached hydrogen (secondary N) is 2. The number of aromatic amines is 2. The van der Waals surface area contributed by atoms with Crippen molar-refractivity contribution in [2.45, 2.75) is 54.4 Å². The number of ether oxygens (including phenoxy) is 2. The molecule has 16 heteroatoms. The van der Waals surface area contributed by atoms with E-state index in [1.807, 2.05) is 36.4 Å². The molecule has 0 radical (unpaired) electrons. The lowest BCUT2D eigenvalue weighted by molar-refractivity contribution is -0.154. The van der Waals surface area contributed by atoms with Crippen LogP contribution in [-0.4, -0.2) is 55.5 Å². The van der Waals surface area contributed by atoms with E-state index in [1.165, 1.54) is 48.1 Å². The van der Waals surface area contributed by atoms with Crippen LogP contribution in [0.3, 0.4) is 0 Å². The maximum atomic E-state index is 12.6. The maximum Gasteiger partial charge on any atom is 0.422 e. The highest BCUT2D eigenvalue weighted by atomic mass is 32.2. The average molecular weight is 719 g/mol. The molecule has 0 spiro atoms. The van der Waals surface area contributed by atoms with E-state index in [0.29, 0.717) is 50.8 Å². The normalized spacial score (nSPS) is 12.2. The number of imidazole rings is 2. The Morgan fingerprint density at radius 1 is 0.633 bits per heavy atom. The highest BCUT2D eigenvalue weighted by Gasteiger charge is 2.29. The van der Waals surface area contributed by atoms with Gasteiger partial charge >= 0.3 is 12.4 Å². The first-order chi connectivity index (χ1) is 23.3. The smallest absolute Gasteiger partial charge is 0.422 e. The molecule has 8 nitrogen and oxygen atoms in total. The molecule has 0 unspecified atom stereocenters. The third-order valence-electron chi connectivity index (χ3n) is 7.45. The van der Waals surface area contributed by atoms with Gasteiger partial charge in [-0.3, -0.25) is 9.97 Å². The second-order valence-corrected chi connectivity index (χ2v) is 13.0. The Bertz CT molecular complexity index is 1950. The molecule has 6 rings (SSSR count). The number of nitrogens with zero attached hydrogens (tertiary/aromatic N) is 4. The van der Waals surface area contributed by atoms with Crippen LogP contribution in [0.25, 0.3) is 22.1 Å². The number of alkyl halides is 6. The molecule has 6 aromatic rings. The number of fused-ring (bicyclic) bond motifs is 2. The van der Waals surface area contributed by atoms with E-state index in [-0.39, 0.29) is 11.5 Å². The van der Waals surface area contributed by atoms with Crippen LogP contribution in [0.15, 0.2) is 71.2 Å². The first kappa shape index (κ1) is 34.4. The largest absolute Gasteiger partial charge is 0.484 e. The molecule has 0 aliphatic carbocycles. The molecule has 4 heterocycles. The summed E-state index contributed by atoms with van der Waals surface area (Å²) in [6.45, 7) is 0.637. The van der Waals surface area contributed by atoms with Gasteiger partial charge in [-0.05, 0) is 67.8 Å². The van der Waals surface area contributed by atoms with E-state index in [2.05, 4.69) is 29.9 Å². The third-order valence-corrected chi connectivity index (χ3v) is 9.22. The first-order valence-electron chi connectivity index (χ1n) is 14.8. The molecule has 49 heavy (non-hydrogen) atoms. The van der Waals surface area contributed by atoms with Gasteiger partial charge in [0.1, 0.15) is 11.5 Å². The van der Waals surface area contributed by atoms with Gasteiger partial charge in [0, 0.05) is 35.0 Å². The fraction of sp³-hybridized carbons (Fsp3) is 0.273. The van der Waals surface area contributed by atoms with E-state index in [1.54, 1.807) is 13.8 Å². The van der Waals surface area contributed by atoms with Crippen molar-refractivity contribution in [1.29, 1.82) is 0 Å². The number of H-pyrrole nitrogens is 2. The predicted octanol–water partition coefficient (Wildman–Crippen LogP) is 8.90. The Morgan fingerprint density at radius 2 is 1.06 bits per heavy atom. The zero-order valence-electron chi connectivity index (χ0n) is 26.0. The zero-order valence-corrected chi connectivity index (χ0v) is 27.6. The summed E-state index contributed by atoms with van der Waals surface area (Å²) < 4.78 is 85.5. The maximum absolute atomic E-state index is 12.6. The second kappa shape index (κ2) is 14.2. The summed E-state index contributed by atoms with van der Waals surface area (Å²) in [7, 11) is 0. The number of hydrogen-bond acceptors (Lipinski definition) is 8. The topological polar surface area (TPSA) is 102 Å². The molecule has 0 atom stereocenters. The van der Waals surface area contributed by atoms with Crippen molar-refractivity contribution in [2.75, 3.05) is 13.2 Å². The monoisotopic (exact) mass is 718 g/mol. The van der Waals surface area contributed by atoms with Crippen LogP contribution in [0.2, 0.25) is 0 Å². The zero-order chi connectivity index (χ0) is 34.8. The standard InChI is InChI=1S/C33H28F6N6O2S2/c1-18-26(40-9-7-28(18)46-16-32(34,35)36)14-48-30-42-22-5-3-20(12-24(22)44-30)11-21-4-6-23-25(13-21)45-31(43-23)49-15-27-19(2)29(8-10-41-27)47-17-33(37,38)39/h3-10,12-13H,11,14-17H2,1-2H3,(H,42,44)(H,43,45). The number of pyridine rings is 2. The lowest BCUT2D eigenvalue weighted by Crippen LogP contribution is -2.19. The SMILES string of the molecule is Cc1c(OCC(F)(F)F)ccnc1CSc1nc2ccc(Cc3ccc4nc(SCc5nccc(OCC(F)(F)F)c5C)[nH]c4c3)cc2[nH]1. The lowest BCUT2D eigenvalue weighted by Gasteiger charge is -2.13. The predicted molar refractivity (Wildman–Crippen MR) is 175 cm³/mol. The minimum Gasteiger partial charge on any atom is -0.484 e. The molecule has 2 aromatic carbocycles. The van der Waals surface area contributed by atoms with E-state index in [0.717, 1.165) is 33.2 Å². The van der Waals surface area contributed by atoms with Gasteiger partial charge in [0.05, 0.1) is 33.5 Å². The van der Waals surface area contributed by atoms with Gasteiger partial charge in [0.2, 0.25) is 0 Å². The fourth-order valence-corrected chi connectivity index (χ4v) is 6.79. The summed E-state index contributed by atoms with van der Waals surface area (Å²) >= 11 is 2.79. The van der Waals surface area contributed by atoms with Crippen molar-refractivity contribution in [1.82, 2.24) is 29.9 Å². The molecule has 4 aromatic heterocycles. The first-order valence-corrected chi connectivity index (χ1v) is 16.8. The third kappa shape index (κ3) is 8.97. The number of thioether (sulfide) groups is 2. The Labute approximate surface area is 284 Å². The molecule has 0 saturated carbocycles. The van der Waals surface area contributed by atoms with Gasteiger partial charge in [-0.2, -0.15) is 26.3 Å². The summed E-state index contributed by atoms with van der Waals surface area (Å²) in [6.07, 6.45) is -5.34. The van der Waals surface area contributed by atoms with Crippen LogP contribution in [0.5, 0.6) is 11.5 Å². The molecule has 0 bridgehead atoms. The Morgan fingerprint density at radius 3 is 1.47 bits per heavy atom. The quantitative estimate of drug-likeness (QED) is 0.0956. The highest BCUT2D eigenvalue weighted by Crippen LogP contribution is 2.31. The molecular formula is C33H28F6N6O2S2. The molecule has 0 fully saturated rings. The molecule has 2 N–H and O–H groups in total. The summed E-state index contributed by atoms with van der Waals surface area (Å²) in [4.78, 5) is 24.5. The number of hydrogen-bond donors (Lipinski definition) is 2. The molecule has 0 saturated heterocycles. The summed E-state index contributed by atoms with van der Waals surface area (Å²) in [5, 5.41) is 1.31. The molecular weight excluding hydrogens is 691 g/mol. The van der Waals surface area contributed by atoms with Crippen molar-refractivity contribution in [3.63, 3.8) is 0 Å². The van der Waals surface area contributed by atoms with Gasteiger partial charge < -0.3 is 19.4 Å². The summed E-state index contributed by atoms with van der Waals surface area (Å²) in [5.41, 5.74) is 7.70. The van der Waals surface area contributed by atoms with Crippen molar-refractivity contribution in [2.24, 2.45) is 0 Å². The summed E-state index contributed by atoms with van der Waals surface area (Å²) in [6, 6.07) is 14.8. The van der Waals surface area contributed by atoms with E-state index in [9.17, 15) is 26.3 Å². The number of benzene rings is 2. The Balaban J connectivity index is 1.08. The van der Waals surface area contributed by atoms with Crippen molar-refractivity contribution < 1.29 is 35.8 Å². The second-order valence-electron chi connectivity index (χ2n) is 11.1. The Hall–Kier alpha value is -4.44.